The van der Waals surface area contributed by atoms with Crippen molar-refractivity contribution in [3.8, 4) is 0 Å². The molecule has 1 aliphatic rings. The Labute approximate surface area is 97.8 Å². The second-order valence-corrected chi connectivity index (χ2v) is 4.21. The van der Waals surface area contributed by atoms with Gasteiger partial charge in [0, 0.05) is 32.7 Å². The van der Waals surface area contributed by atoms with Crippen molar-refractivity contribution in [2.75, 3.05) is 39.3 Å². The van der Waals surface area contributed by atoms with Gasteiger partial charge >= 0.3 is 0 Å². The smallest absolute Gasteiger partial charge is 0.275 e. The number of carbonyl (C=O) groups is 1. The number of piperazine rings is 1. The Balaban J connectivity index is 1.87. The van der Waals surface area contributed by atoms with Gasteiger partial charge in [-0.25, -0.2) is 0 Å². The second kappa shape index (κ2) is 5.33. The fourth-order valence-corrected chi connectivity index (χ4v) is 2.14. The van der Waals surface area contributed by atoms with Crippen LogP contribution in [0.1, 0.15) is 10.5 Å². The van der Waals surface area contributed by atoms with Crippen LogP contribution in [0.25, 0.3) is 0 Å². The number of β-amino-alcohol motifs (C(OH)–C–C–N with tert-alkyl or cyclic N) is 1. The molecule has 2 rings (SSSR count). The van der Waals surface area contributed by atoms with E-state index in [-0.39, 0.29) is 12.5 Å². The van der Waals surface area contributed by atoms with E-state index in [0.717, 1.165) is 24.8 Å². The molecule has 1 saturated heterocycles. The predicted octanol–water partition coefficient (Wildman–Crippen LogP) is -0.712. The largest absolute Gasteiger partial charge is 0.395 e. The highest BCUT2D eigenvalue weighted by atomic mass is 32.1. The van der Waals surface area contributed by atoms with E-state index in [4.69, 9.17) is 5.11 Å². The SMILES string of the molecule is O=C(c1cnsn1)N1CCN(CCO)CC1. The number of hydrogen-bond donors (Lipinski definition) is 1. The molecule has 1 aromatic heterocycles. The summed E-state index contributed by atoms with van der Waals surface area (Å²) < 4.78 is 7.75. The summed E-state index contributed by atoms with van der Waals surface area (Å²) in [6, 6.07) is 0. The van der Waals surface area contributed by atoms with Crippen LogP contribution in [0.5, 0.6) is 0 Å². The van der Waals surface area contributed by atoms with E-state index >= 15 is 0 Å². The minimum absolute atomic E-state index is 0.0441. The van der Waals surface area contributed by atoms with Gasteiger partial charge in [-0.15, -0.1) is 0 Å². The van der Waals surface area contributed by atoms with Crippen molar-refractivity contribution in [3.63, 3.8) is 0 Å². The second-order valence-electron chi connectivity index (χ2n) is 3.65. The number of hydrogen-bond acceptors (Lipinski definition) is 6. The van der Waals surface area contributed by atoms with Crippen LogP contribution >= 0.6 is 11.7 Å². The van der Waals surface area contributed by atoms with Crippen LogP contribution in [0.2, 0.25) is 0 Å². The van der Waals surface area contributed by atoms with Gasteiger partial charge in [0.2, 0.25) is 0 Å². The molecule has 1 fully saturated rings. The third-order valence-electron chi connectivity index (χ3n) is 2.66. The summed E-state index contributed by atoms with van der Waals surface area (Å²) in [6.07, 6.45) is 1.51. The Bertz CT molecular complexity index is 335. The Morgan fingerprint density at radius 1 is 1.44 bits per heavy atom. The summed E-state index contributed by atoms with van der Waals surface area (Å²) in [5.41, 5.74) is 0.431. The summed E-state index contributed by atoms with van der Waals surface area (Å²) in [4.78, 5) is 15.8. The zero-order valence-electron chi connectivity index (χ0n) is 8.87. The van der Waals surface area contributed by atoms with E-state index in [2.05, 4.69) is 13.6 Å². The van der Waals surface area contributed by atoms with Crippen molar-refractivity contribution in [2.45, 2.75) is 0 Å². The van der Waals surface area contributed by atoms with Crippen molar-refractivity contribution in [1.29, 1.82) is 0 Å². The molecule has 0 saturated carbocycles. The van der Waals surface area contributed by atoms with Crippen LogP contribution in [0, 0.1) is 0 Å². The lowest BCUT2D eigenvalue weighted by Crippen LogP contribution is -2.49. The van der Waals surface area contributed by atoms with Gasteiger partial charge in [-0.05, 0) is 0 Å². The lowest BCUT2D eigenvalue weighted by molar-refractivity contribution is 0.0610. The van der Waals surface area contributed by atoms with Crippen LogP contribution < -0.4 is 0 Å². The molecule has 16 heavy (non-hydrogen) atoms. The molecule has 1 N–H and O–H groups in total. The van der Waals surface area contributed by atoms with Crippen molar-refractivity contribution in [1.82, 2.24) is 18.5 Å². The summed E-state index contributed by atoms with van der Waals surface area (Å²) >= 11 is 1.05. The molecule has 1 aliphatic heterocycles. The first-order chi connectivity index (χ1) is 7.81. The topological polar surface area (TPSA) is 69.6 Å². The lowest BCUT2D eigenvalue weighted by atomic mass is 10.3. The molecular weight excluding hydrogens is 228 g/mol. The summed E-state index contributed by atoms with van der Waals surface area (Å²) in [6.45, 7) is 3.85. The van der Waals surface area contributed by atoms with E-state index in [1.165, 1.54) is 6.20 Å². The first-order valence-electron chi connectivity index (χ1n) is 5.21. The van der Waals surface area contributed by atoms with E-state index in [9.17, 15) is 4.79 Å². The zero-order valence-corrected chi connectivity index (χ0v) is 9.69. The molecule has 6 nitrogen and oxygen atoms in total. The molecule has 0 radical (unpaired) electrons. The third-order valence-corrected chi connectivity index (χ3v) is 3.13. The van der Waals surface area contributed by atoms with Crippen molar-refractivity contribution in [2.24, 2.45) is 0 Å². The number of aromatic nitrogens is 2. The molecule has 2 heterocycles. The van der Waals surface area contributed by atoms with E-state index in [1.807, 2.05) is 0 Å². The van der Waals surface area contributed by atoms with Gasteiger partial charge in [-0.3, -0.25) is 9.69 Å². The predicted molar refractivity (Wildman–Crippen MR) is 59.3 cm³/mol. The molecule has 88 valence electrons. The molecule has 0 unspecified atom stereocenters. The van der Waals surface area contributed by atoms with Gasteiger partial charge in [0.05, 0.1) is 24.5 Å². The van der Waals surface area contributed by atoms with Crippen LogP contribution in [0.3, 0.4) is 0 Å². The summed E-state index contributed by atoms with van der Waals surface area (Å²) in [7, 11) is 0. The quantitative estimate of drug-likeness (QED) is 0.758. The number of aliphatic hydroxyl groups excluding tert-OH is 1. The fraction of sp³-hybridized carbons (Fsp3) is 0.667. The zero-order chi connectivity index (χ0) is 11.4. The molecule has 0 aliphatic carbocycles. The van der Waals surface area contributed by atoms with Gasteiger partial charge in [0.1, 0.15) is 0 Å². The maximum atomic E-state index is 11.9. The molecule has 0 spiro atoms. The van der Waals surface area contributed by atoms with Gasteiger partial charge < -0.3 is 10.0 Å². The van der Waals surface area contributed by atoms with Crippen molar-refractivity contribution >= 4 is 17.6 Å². The maximum Gasteiger partial charge on any atom is 0.275 e. The summed E-state index contributed by atoms with van der Waals surface area (Å²) in [5.74, 6) is -0.0441. The fourth-order valence-electron chi connectivity index (χ4n) is 1.74. The van der Waals surface area contributed by atoms with E-state index in [0.29, 0.717) is 25.3 Å². The van der Waals surface area contributed by atoms with Crippen LogP contribution in [0.15, 0.2) is 6.20 Å². The Hall–Kier alpha value is -1.05. The van der Waals surface area contributed by atoms with E-state index < -0.39 is 0 Å². The van der Waals surface area contributed by atoms with Gasteiger partial charge in [-0.2, -0.15) is 8.75 Å². The number of carbonyl (C=O) groups excluding carboxylic acids is 1. The lowest BCUT2D eigenvalue weighted by Gasteiger charge is -2.33. The Morgan fingerprint density at radius 2 is 2.19 bits per heavy atom. The van der Waals surface area contributed by atoms with Gasteiger partial charge in [-0.1, -0.05) is 0 Å². The molecule has 0 bridgehead atoms. The number of rotatable bonds is 3. The molecule has 1 aromatic rings. The minimum atomic E-state index is -0.0441. The highest BCUT2D eigenvalue weighted by molar-refractivity contribution is 6.99. The van der Waals surface area contributed by atoms with Crippen LogP contribution in [-0.4, -0.2) is 68.9 Å². The average molecular weight is 242 g/mol. The van der Waals surface area contributed by atoms with Crippen LogP contribution in [-0.2, 0) is 0 Å². The minimum Gasteiger partial charge on any atom is -0.395 e. The first-order valence-corrected chi connectivity index (χ1v) is 5.94. The van der Waals surface area contributed by atoms with Gasteiger partial charge in [0.15, 0.2) is 5.69 Å². The molecule has 0 atom stereocenters. The molecule has 1 amide bonds. The number of amides is 1. The highest BCUT2D eigenvalue weighted by Gasteiger charge is 2.22. The monoisotopic (exact) mass is 242 g/mol. The highest BCUT2D eigenvalue weighted by Crippen LogP contribution is 2.06. The number of aliphatic hydroxyl groups is 1. The average Bonchev–Trinajstić information content (AvgIpc) is 2.83. The molecule has 0 aromatic carbocycles. The van der Waals surface area contributed by atoms with Crippen LogP contribution in [0.4, 0.5) is 0 Å². The summed E-state index contributed by atoms with van der Waals surface area (Å²) in [5, 5.41) is 8.80. The molecule has 7 heteroatoms. The van der Waals surface area contributed by atoms with Crippen molar-refractivity contribution < 1.29 is 9.90 Å². The first kappa shape index (κ1) is 11.4. The Morgan fingerprint density at radius 3 is 2.75 bits per heavy atom. The number of nitrogens with zero attached hydrogens (tertiary/aromatic N) is 4. The molecular formula is C9H14N4O2S. The third kappa shape index (κ3) is 2.55. The van der Waals surface area contributed by atoms with E-state index in [1.54, 1.807) is 4.90 Å². The Kier molecular flexibility index (Phi) is 3.81. The maximum absolute atomic E-state index is 11.9. The standard InChI is InChI=1S/C9H14N4O2S/c14-6-5-12-1-3-13(4-2-12)9(15)8-7-10-16-11-8/h7,14H,1-6H2. The normalized spacial score (nSPS) is 17.7. The van der Waals surface area contributed by atoms with Gasteiger partial charge in [0.25, 0.3) is 5.91 Å². The van der Waals surface area contributed by atoms with Crippen molar-refractivity contribution in [3.05, 3.63) is 11.9 Å².